The van der Waals surface area contributed by atoms with Crippen LogP contribution in [0.15, 0.2) is 43.0 Å². The quantitative estimate of drug-likeness (QED) is 0.337. The Morgan fingerprint density at radius 1 is 1.50 bits per heavy atom. The number of nitrogens with two attached hydrogens (primary N) is 1. The summed E-state index contributed by atoms with van der Waals surface area (Å²) in [5.41, 5.74) is 5.95. The molecule has 5 heteroatoms. The molecule has 1 aromatic rings. The molecule has 0 aromatic heterocycles. The number of nitrogens with zero attached hydrogens (tertiary/aromatic N) is 2. The first kappa shape index (κ1) is 10.2. The normalized spacial score (nSPS) is 11.8. The number of nitro groups is 1. The molecule has 0 aliphatic rings. The van der Waals surface area contributed by atoms with E-state index in [4.69, 9.17) is 5.73 Å². The Hall–Kier alpha value is -1.88. The molecule has 0 bridgehead atoms. The van der Waals surface area contributed by atoms with Gasteiger partial charge in [-0.3, -0.25) is 0 Å². The molecule has 0 amide bonds. The SMILES string of the molecule is C=CC(N)N(c1ccccc1)[N+](=O)[O-]. The fraction of sp³-hybridized carbons (Fsp3) is 0.111. The van der Waals surface area contributed by atoms with Crippen LogP contribution in [0.3, 0.4) is 0 Å². The topological polar surface area (TPSA) is 72.4 Å². The summed E-state index contributed by atoms with van der Waals surface area (Å²) >= 11 is 0. The summed E-state index contributed by atoms with van der Waals surface area (Å²) in [5.74, 6) is 0. The van der Waals surface area contributed by atoms with Crippen LogP contribution >= 0.6 is 0 Å². The van der Waals surface area contributed by atoms with Gasteiger partial charge in [0.15, 0.2) is 11.2 Å². The Morgan fingerprint density at radius 2 is 2.07 bits per heavy atom. The van der Waals surface area contributed by atoms with Crippen LogP contribution < -0.4 is 10.7 Å². The van der Waals surface area contributed by atoms with Crippen molar-refractivity contribution in [2.75, 3.05) is 5.01 Å². The zero-order valence-electron chi connectivity index (χ0n) is 7.54. The van der Waals surface area contributed by atoms with E-state index in [2.05, 4.69) is 6.58 Å². The molecule has 0 heterocycles. The lowest BCUT2D eigenvalue weighted by Gasteiger charge is -2.17. The minimum atomic E-state index is -0.826. The van der Waals surface area contributed by atoms with Gasteiger partial charge in [-0.25, -0.2) is 10.1 Å². The third-order valence-corrected chi connectivity index (χ3v) is 1.72. The molecule has 2 N–H and O–H groups in total. The highest BCUT2D eigenvalue weighted by molar-refractivity contribution is 5.44. The largest absolute Gasteiger partial charge is 0.303 e. The summed E-state index contributed by atoms with van der Waals surface area (Å²) in [6, 6.07) is 8.43. The Bertz CT molecular complexity index is 326. The molecular weight excluding hydrogens is 182 g/mol. The summed E-state index contributed by atoms with van der Waals surface area (Å²) in [4.78, 5) is 10.7. The minimum absolute atomic E-state index is 0.435. The van der Waals surface area contributed by atoms with Gasteiger partial charge in [-0.05, 0) is 18.2 Å². The van der Waals surface area contributed by atoms with Crippen molar-refractivity contribution in [2.24, 2.45) is 5.73 Å². The highest BCUT2D eigenvalue weighted by atomic mass is 16.7. The van der Waals surface area contributed by atoms with Gasteiger partial charge in [0, 0.05) is 0 Å². The van der Waals surface area contributed by atoms with E-state index in [0.717, 1.165) is 5.01 Å². The molecule has 1 rings (SSSR count). The number of rotatable bonds is 4. The van der Waals surface area contributed by atoms with E-state index in [1.165, 1.54) is 6.08 Å². The third-order valence-electron chi connectivity index (χ3n) is 1.72. The van der Waals surface area contributed by atoms with Crippen LogP contribution in [0.25, 0.3) is 0 Å². The van der Waals surface area contributed by atoms with Crippen molar-refractivity contribution < 1.29 is 5.03 Å². The van der Waals surface area contributed by atoms with Crippen LogP contribution in [0, 0.1) is 10.1 Å². The van der Waals surface area contributed by atoms with Crippen molar-refractivity contribution >= 4 is 5.69 Å². The maximum Gasteiger partial charge on any atom is 0.167 e. The summed E-state index contributed by atoms with van der Waals surface area (Å²) in [5, 5.41) is 11.0. The van der Waals surface area contributed by atoms with E-state index in [1.54, 1.807) is 30.3 Å². The van der Waals surface area contributed by atoms with Crippen LogP contribution in [-0.4, -0.2) is 11.2 Å². The zero-order valence-corrected chi connectivity index (χ0v) is 7.54. The molecule has 5 nitrogen and oxygen atoms in total. The van der Waals surface area contributed by atoms with Gasteiger partial charge < -0.3 is 5.73 Å². The van der Waals surface area contributed by atoms with Crippen LogP contribution in [-0.2, 0) is 0 Å². The predicted molar refractivity (Wildman–Crippen MR) is 54.1 cm³/mol. The second-order valence-corrected chi connectivity index (χ2v) is 2.64. The van der Waals surface area contributed by atoms with Crippen LogP contribution in [0.2, 0.25) is 0 Å². The molecule has 0 saturated carbocycles. The number of anilines is 1. The monoisotopic (exact) mass is 193 g/mol. The fourth-order valence-electron chi connectivity index (χ4n) is 1.06. The lowest BCUT2D eigenvalue weighted by atomic mass is 10.3. The van der Waals surface area contributed by atoms with E-state index in [1.807, 2.05) is 0 Å². The number of benzene rings is 1. The smallest absolute Gasteiger partial charge is 0.167 e. The van der Waals surface area contributed by atoms with E-state index in [0.29, 0.717) is 5.69 Å². The summed E-state index contributed by atoms with van der Waals surface area (Å²) in [7, 11) is 0. The maximum absolute atomic E-state index is 10.7. The first-order valence-corrected chi connectivity index (χ1v) is 4.03. The molecular formula is C9H11N3O2. The van der Waals surface area contributed by atoms with E-state index >= 15 is 0 Å². The number of hydrogen-bond donors (Lipinski definition) is 1. The number of hydrogen-bond acceptors (Lipinski definition) is 3. The highest BCUT2D eigenvalue weighted by Crippen LogP contribution is 2.14. The summed E-state index contributed by atoms with van der Waals surface area (Å²) < 4.78 is 0. The van der Waals surface area contributed by atoms with Crippen molar-refractivity contribution in [2.45, 2.75) is 6.17 Å². The molecule has 1 aromatic carbocycles. The average molecular weight is 193 g/mol. The van der Waals surface area contributed by atoms with E-state index in [9.17, 15) is 10.1 Å². The third kappa shape index (κ3) is 2.08. The molecule has 1 unspecified atom stereocenters. The highest BCUT2D eigenvalue weighted by Gasteiger charge is 2.22. The van der Waals surface area contributed by atoms with Crippen molar-refractivity contribution in [3.05, 3.63) is 53.1 Å². The molecule has 0 aliphatic carbocycles. The fourth-order valence-corrected chi connectivity index (χ4v) is 1.06. The zero-order chi connectivity index (χ0) is 10.6. The molecule has 0 spiro atoms. The van der Waals surface area contributed by atoms with Gasteiger partial charge in [0.05, 0.1) is 0 Å². The Balaban J connectivity index is 3.00. The van der Waals surface area contributed by atoms with Gasteiger partial charge in [0.1, 0.15) is 5.69 Å². The lowest BCUT2D eigenvalue weighted by Crippen LogP contribution is -2.44. The summed E-state index contributed by atoms with van der Waals surface area (Å²) in [6.45, 7) is 3.42. The van der Waals surface area contributed by atoms with E-state index < -0.39 is 11.2 Å². The van der Waals surface area contributed by atoms with Gasteiger partial charge in [0.2, 0.25) is 0 Å². The molecule has 1 atom stereocenters. The van der Waals surface area contributed by atoms with Crippen LogP contribution in [0.5, 0.6) is 0 Å². The van der Waals surface area contributed by atoms with Gasteiger partial charge in [-0.1, -0.05) is 29.8 Å². The molecule has 0 radical (unpaired) electrons. The Labute approximate surface area is 81.6 Å². The van der Waals surface area contributed by atoms with Gasteiger partial charge in [-0.15, -0.1) is 0 Å². The van der Waals surface area contributed by atoms with Crippen molar-refractivity contribution in [3.8, 4) is 0 Å². The summed E-state index contributed by atoms with van der Waals surface area (Å²) in [6.07, 6.45) is 0.489. The van der Waals surface area contributed by atoms with Gasteiger partial charge >= 0.3 is 0 Å². The molecule has 0 saturated heterocycles. The first-order valence-electron chi connectivity index (χ1n) is 4.03. The maximum atomic E-state index is 10.7. The number of hydrazine groups is 1. The van der Waals surface area contributed by atoms with Gasteiger partial charge in [-0.2, -0.15) is 0 Å². The van der Waals surface area contributed by atoms with Crippen LogP contribution in [0.1, 0.15) is 0 Å². The molecule has 74 valence electrons. The molecule has 0 aliphatic heterocycles. The second kappa shape index (κ2) is 4.38. The average Bonchev–Trinajstić information content (AvgIpc) is 2.19. The van der Waals surface area contributed by atoms with Gasteiger partial charge in [0.25, 0.3) is 0 Å². The van der Waals surface area contributed by atoms with Crippen LogP contribution in [0.4, 0.5) is 5.69 Å². The first-order chi connectivity index (χ1) is 6.66. The molecule has 0 fully saturated rings. The minimum Gasteiger partial charge on any atom is -0.303 e. The second-order valence-electron chi connectivity index (χ2n) is 2.64. The predicted octanol–water partition coefficient (Wildman–Crippen LogP) is 1.16. The lowest BCUT2D eigenvalue weighted by molar-refractivity contribution is -0.498. The molecule has 14 heavy (non-hydrogen) atoms. The number of para-hydroxylation sites is 1. The Kier molecular flexibility index (Phi) is 3.19. The standard InChI is InChI=1S/C9H11N3O2/c1-2-9(10)11(12(13)14)8-6-4-3-5-7-8/h2-7,9H,1,10H2. The van der Waals surface area contributed by atoms with Crippen molar-refractivity contribution in [1.82, 2.24) is 0 Å². The van der Waals surface area contributed by atoms with Crippen molar-refractivity contribution in [1.29, 1.82) is 0 Å². The van der Waals surface area contributed by atoms with Crippen molar-refractivity contribution in [3.63, 3.8) is 0 Å². The Morgan fingerprint density at radius 3 is 2.50 bits per heavy atom. The van der Waals surface area contributed by atoms with E-state index in [-0.39, 0.29) is 0 Å².